The first-order valence-corrected chi connectivity index (χ1v) is 15.0. The first-order chi connectivity index (χ1) is 20.1. The molecule has 4 unspecified atom stereocenters. The van der Waals surface area contributed by atoms with E-state index in [1.807, 2.05) is 13.0 Å². The molecule has 0 amide bonds. The summed E-state index contributed by atoms with van der Waals surface area (Å²) in [6.07, 6.45) is 2.92. The summed E-state index contributed by atoms with van der Waals surface area (Å²) in [5.41, 5.74) is -0.630. The lowest BCUT2D eigenvalue weighted by molar-refractivity contribution is -0.140. The van der Waals surface area contributed by atoms with E-state index in [1.54, 1.807) is 24.1 Å². The Kier molecular flexibility index (Phi) is 6.89. The van der Waals surface area contributed by atoms with Crippen LogP contribution in [-0.2, 0) is 20.4 Å². The molecule has 10 nitrogen and oxygen atoms in total. The molecule has 42 heavy (non-hydrogen) atoms. The van der Waals surface area contributed by atoms with Crippen LogP contribution in [0, 0.1) is 0 Å². The molecular weight excluding hydrogens is 551 g/mol. The molecule has 0 N–H and O–H groups in total. The molecule has 0 saturated carbocycles. The number of anilines is 2. The third kappa shape index (κ3) is 4.73. The first kappa shape index (κ1) is 27.9. The lowest BCUT2D eigenvalue weighted by atomic mass is 9.88. The van der Waals surface area contributed by atoms with Gasteiger partial charge in [-0.2, -0.15) is 28.1 Å². The number of rotatable bonds is 5. The van der Waals surface area contributed by atoms with E-state index in [4.69, 9.17) is 19.2 Å². The Balaban J connectivity index is 1.41. The number of morpholine rings is 1. The quantitative estimate of drug-likeness (QED) is 0.407. The minimum atomic E-state index is -4.69. The number of piperidine rings is 1. The zero-order chi connectivity index (χ0) is 29.2. The second kappa shape index (κ2) is 10.4. The topological polar surface area (TPSA) is 82.7 Å². The van der Waals surface area contributed by atoms with E-state index in [0.29, 0.717) is 50.7 Å². The second-order valence-corrected chi connectivity index (χ2v) is 12.4. The highest BCUT2D eigenvalue weighted by Gasteiger charge is 2.44. The van der Waals surface area contributed by atoms with Crippen LogP contribution in [0.15, 0.2) is 18.3 Å². The number of pyridine rings is 1. The zero-order valence-corrected chi connectivity index (χ0v) is 24.3. The largest absolute Gasteiger partial charge is 0.435 e. The average molecular weight is 590 g/mol. The smallest absolute Gasteiger partial charge is 0.378 e. The highest BCUT2D eigenvalue weighted by atomic mass is 19.4. The van der Waals surface area contributed by atoms with Crippen LogP contribution in [-0.4, -0.2) is 81.7 Å². The van der Waals surface area contributed by atoms with Crippen molar-refractivity contribution in [3.05, 3.63) is 24.0 Å². The summed E-state index contributed by atoms with van der Waals surface area (Å²) in [6.45, 7) is 6.45. The molecule has 3 aromatic rings. The summed E-state index contributed by atoms with van der Waals surface area (Å²) >= 11 is 0. The molecule has 3 aromatic heterocycles. The lowest BCUT2D eigenvalue weighted by Crippen LogP contribution is -2.49. The van der Waals surface area contributed by atoms with Crippen molar-refractivity contribution < 1.29 is 27.4 Å². The summed E-state index contributed by atoms with van der Waals surface area (Å²) in [7, 11) is 1.70. The van der Waals surface area contributed by atoms with Crippen molar-refractivity contribution in [1.82, 2.24) is 24.5 Å². The van der Waals surface area contributed by atoms with Crippen molar-refractivity contribution in [2.45, 2.75) is 94.9 Å². The maximum atomic E-state index is 14.7. The number of hydrogen-bond acceptors (Lipinski definition) is 8. The molecule has 4 fully saturated rings. The Morgan fingerprint density at radius 1 is 1.07 bits per heavy atom. The third-order valence-electron chi connectivity index (χ3n) is 9.58. The Hall–Kier alpha value is -2.90. The number of hydrogen-bond donors (Lipinski definition) is 0. The predicted octanol–water partition coefficient (Wildman–Crippen LogP) is 5.10. The summed E-state index contributed by atoms with van der Waals surface area (Å²) in [6, 6.07) is 3.75. The van der Waals surface area contributed by atoms with Crippen molar-refractivity contribution in [3.8, 4) is 5.82 Å². The fourth-order valence-corrected chi connectivity index (χ4v) is 7.29. The molecule has 7 rings (SSSR count). The molecular formula is C29H38F3N7O3. The van der Waals surface area contributed by atoms with E-state index in [9.17, 15) is 13.2 Å². The lowest BCUT2D eigenvalue weighted by Gasteiger charge is -2.44. The van der Waals surface area contributed by atoms with Crippen LogP contribution in [0.4, 0.5) is 24.7 Å². The number of halogens is 3. The van der Waals surface area contributed by atoms with Gasteiger partial charge >= 0.3 is 6.18 Å². The van der Waals surface area contributed by atoms with Crippen molar-refractivity contribution >= 4 is 22.5 Å². The molecule has 0 aromatic carbocycles. The summed E-state index contributed by atoms with van der Waals surface area (Å²) in [5.74, 6) is 0.939. The Morgan fingerprint density at radius 2 is 1.86 bits per heavy atom. The highest BCUT2D eigenvalue weighted by molar-refractivity contribution is 5.95. The van der Waals surface area contributed by atoms with Crippen LogP contribution >= 0.6 is 0 Å². The van der Waals surface area contributed by atoms with E-state index in [1.165, 1.54) is 4.68 Å². The Morgan fingerprint density at radius 3 is 2.52 bits per heavy atom. The molecule has 0 aliphatic carbocycles. The monoisotopic (exact) mass is 589 g/mol. The van der Waals surface area contributed by atoms with Gasteiger partial charge in [-0.3, -0.25) is 0 Å². The molecule has 2 bridgehead atoms. The van der Waals surface area contributed by atoms with Gasteiger partial charge in [0.05, 0.1) is 42.0 Å². The van der Waals surface area contributed by atoms with Crippen LogP contribution in [0.1, 0.15) is 70.7 Å². The second-order valence-electron chi connectivity index (χ2n) is 12.4. The van der Waals surface area contributed by atoms with E-state index in [0.717, 1.165) is 32.1 Å². The number of nitrogens with zero attached hydrogens (tertiary/aromatic N) is 7. The van der Waals surface area contributed by atoms with Crippen molar-refractivity contribution in [2.24, 2.45) is 0 Å². The fraction of sp³-hybridized carbons (Fsp3) is 0.690. The van der Waals surface area contributed by atoms with Crippen molar-refractivity contribution in [3.63, 3.8) is 0 Å². The van der Waals surface area contributed by atoms with E-state index >= 15 is 0 Å². The molecule has 0 spiro atoms. The molecule has 5 atom stereocenters. The first-order valence-electron chi connectivity index (χ1n) is 15.0. The highest BCUT2D eigenvalue weighted by Crippen LogP contribution is 2.45. The normalized spacial score (nSPS) is 30.4. The van der Waals surface area contributed by atoms with Gasteiger partial charge in [0.15, 0.2) is 17.2 Å². The molecule has 7 heterocycles. The van der Waals surface area contributed by atoms with Gasteiger partial charge in [-0.05, 0) is 58.8 Å². The minimum Gasteiger partial charge on any atom is -0.378 e. The predicted molar refractivity (Wildman–Crippen MR) is 150 cm³/mol. The molecule has 13 heteroatoms. The third-order valence-corrected chi connectivity index (χ3v) is 9.58. The van der Waals surface area contributed by atoms with Gasteiger partial charge in [-0.25, -0.2) is 9.67 Å². The summed E-state index contributed by atoms with van der Waals surface area (Å²) < 4.78 is 64.6. The van der Waals surface area contributed by atoms with Crippen molar-refractivity contribution in [2.75, 3.05) is 43.3 Å². The van der Waals surface area contributed by atoms with E-state index in [2.05, 4.69) is 26.9 Å². The molecule has 4 aliphatic heterocycles. The van der Waals surface area contributed by atoms with Gasteiger partial charge in [-0.1, -0.05) is 0 Å². The van der Waals surface area contributed by atoms with Gasteiger partial charge in [0.25, 0.3) is 0 Å². The standard InChI is InChI=1S/C29H38F3N7O3/c1-18-15-28(2,40-3)10-12-36(18)21-14-23(38-19-7-8-20(38)17-41-16-19)33-27-25(21)26(29(30,31)32)35-39(27)22-9-11-37(34-22)24-6-4-5-13-42-24/h9,11,14,18-20,24H,4-8,10,12-13,15-17H2,1-3H3/t18-,19?,20?,24?,28?/m1/s1. The van der Waals surface area contributed by atoms with Gasteiger partial charge in [0.2, 0.25) is 0 Å². The van der Waals surface area contributed by atoms with Crippen LogP contribution in [0.5, 0.6) is 0 Å². The fourth-order valence-electron chi connectivity index (χ4n) is 7.29. The van der Waals surface area contributed by atoms with E-state index in [-0.39, 0.29) is 46.8 Å². The number of aromatic nitrogens is 5. The SMILES string of the molecule is COC1(C)CCN(c2cc(N3C4CCC3COC4)nc3c2c(C(F)(F)F)nn3-c2ccn(C3CCCCO3)n2)[C@H](C)C1. The molecule has 228 valence electrons. The average Bonchev–Trinajstić information content (AvgIpc) is 3.67. The number of fused-ring (bicyclic) bond motifs is 3. The number of methoxy groups -OCH3 is 1. The molecule has 4 aliphatic rings. The van der Waals surface area contributed by atoms with Crippen LogP contribution in [0.3, 0.4) is 0 Å². The summed E-state index contributed by atoms with van der Waals surface area (Å²) in [5, 5.41) is 8.82. The van der Waals surface area contributed by atoms with Gasteiger partial charge in [-0.15, -0.1) is 0 Å². The van der Waals surface area contributed by atoms with Crippen LogP contribution < -0.4 is 9.80 Å². The molecule has 4 saturated heterocycles. The van der Waals surface area contributed by atoms with Crippen LogP contribution in [0.2, 0.25) is 0 Å². The maximum absolute atomic E-state index is 14.7. The van der Waals surface area contributed by atoms with Gasteiger partial charge in [0, 0.05) is 44.6 Å². The molecule has 0 radical (unpaired) electrons. The van der Waals surface area contributed by atoms with Crippen molar-refractivity contribution in [1.29, 1.82) is 0 Å². The van der Waals surface area contributed by atoms with Gasteiger partial charge < -0.3 is 24.0 Å². The van der Waals surface area contributed by atoms with Crippen LogP contribution in [0.25, 0.3) is 16.9 Å². The number of alkyl halides is 3. The Labute approximate surface area is 242 Å². The maximum Gasteiger partial charge on any atom is 0.435 e. The zero-order valence-electron chi connectivity index (χ0n) is 24.3. The van der Waals surface area contributed by atoms with Gasteiger partial charge in [0.1, 0.15) is 12.0 Å². The number of ether oxygens (including phenoxy) is 3. The minimum absolute atomic E-state index is 0.00296. The van der Waals surface area contributed by atoms with E-state index < -0.39 is 11.9 Å². The summed E-state index contributed by atoms with van der Waals surface area (Å²) in [4.78, 5) is 9.26. The Bertz CT molecular complexity index is 1440.